The summed E-state index contributed by atoms with van der Waals surface area (Å²) >= 11 is 3.44. The van der Waals surface area contributed by atoms with Crippen LogP contribution in [0.5, 0.6) is 0 Å². The Morgan fingerprint density at radius 2 is 2.05 bits per heavy atom. The number of carbonyl (C=O) groups is 1. The van der Waals surface area contributed by atoms with E-state index in [2.05, 4.69) is 15.9 Å². The molecule has 1 unspecified atom stereocenters. The van der Waals surface area contributed by atoms with E-state index in [1.165, 1.54) is 0 Å². The standard InChI is InChI=1S/C13H15BrFNO3S/c14-12-4-2-1-3-11(12)5-6-16-8-10(7-13(16)17)9-20(15,18)19/h1-4,10H,5-9H2. The monoisotopic (exact) mass is 363 g/mol. The number of rotatable bonds is 5. The first-order chi connectivity index (χ1) is 9.35. The second-order valence-electron chi connectivity index (χ2n) is 4.96. The van der Waals surface area contributed by atoms with Gasteiger partial charge in [0.05, 0.1) is 5.75 Å². The quantitative estimate of drug-likeness (QED) is 0.753. The van der Waals surface area contributed by atoms with E-state index >= 15 is 0 Å². The minimum absolute atomic E-state index is 0.106. The van der Waals surface area contributed by atoms with Crippen molar-refractivity contribution in [2.45, 2.75) is 12.8 Å². The summed E-state index contributed by atoms with van der Waals surface area (Å²) in [5, 5.41) is 0. The molecule has 1 fully saturated rings. The summed E-state index contributed by atoms with van der Waals surface area (Å²) in [6.45, 7) is 0.830. The molecule has 0 saturated carbocycles. The number of carbonyl (C=O) groups excluding carboxylic acids is 1. The molecule has 1 aliphatic rings. The van der Waals surface area contributed by atoms with E-state index in [0.717, 1.165) is 10.0 Å². The van der Waals surface area contributed by atoms with Crippen molar-refractivity contribution in [2.75, 3.05) is 18.8 Å². The normalized spacial score (nSPS) is 19.6. The first-order valence-corrected chi connectivity index (χ1v) is 8.63. The molecule has 1 aromatic rings. The van der Waals surface area contributed by atoms with Gasteiger partial charge in [-0.1, -0.05) is 34.1 Å². The molecule has 0 spiro atoms. The van der Waals surface area contributed by atoms with E-state index in [9.17, 15) is 17.1 Å². The van der Waals surface area contributed by atoms with Crippen LogP contribution >= 0.6 is 15.9 Å². The Kier molecular flexibility index (Phi) is 4.80. The van der Waals surface area contributed by atoms with Crippen molar-refractivity contribution >= 4 is 32.1 Å². The van der Waals surface area contributed by atoms with E-state index in [1.807, 2.05) is 24.3 Å². The maximum Gasteiger partial charge on any atom is 0.302 e. The van der Waals surface area contributed by atoms with Crippen molar-refractivity contribution in [2.24, 2.45) is 5.92 Å². The minimum Gasteiger partial charge on any atom is -0.342 e. The van der Waals surface area contributed by atoms with Crippen LogP contribution in [-0.2, 0) is 21.4 Å². The van der Waals surface area contributed by atoms with Gasteiger partial charge in [0.15, 0.2) is 0 Å². The summed E-state index contributed by atoms with van der Waals surface area (Å²) in [7, 11) is -4.51. The summed E-state index contributed by atoms with van der Waals surface area (Å²) < 4.78 is 34.9. The number of nitrogens with zero attached hydrogens (tertiary/aromatic N) is 1. The Bertz CT molecular complexity index is 605. The number of benzene rings is 1. The summed E-state index contributed by atoms with van der Waals surface area (Å²) in [6, 6.07) is 7.73. The zero-order valence-electron chi connectivity index (χ0n) is 10.8. The van der Waals surface area contributed by atoms with Crippen LogP contribution in [0.3, 0.4) is 0 Å². The maximum atomic E-state index is 12.6. The zero-order chi connectivity index (χ0) is 14.8. The first kappa shape index (κ1) is 15.4. The van der Waals surface area contributed by atoms with Gasteiger partial charge in [-0.3, -0.25) is 4.79 Å². The molecule has 1 aromatic carbocycles. The number of hydrogen-bond acceptors (Lipinski definition) is 3. The minimum atomic E-state index is -4.51. The largest absolute Gasteiger partial charge is 0.342 e. The van der Waals surface area contributed by atoms with Crippen LogP contribution in [0, 0.1) is 5.92 Å². The van der Waals surface area contributed by atoms with E-state index in [4.69, 9.17) is 0 Å². The number of likely N-dealkylation sites (tertiary alicyclic amines) is 1. The third-order valence-corrected chi connectivity index (χ3v) is 4.98. The molecule has 1 aliphatic heterocycles. The lowest BCUT2D eigenvalue weighted by Gasteiger charge is -2.16. The van der Waals surface area contributed by atoms with E-state index in [-0.39, 0.29) is 12.3 Å². The lowest BCUT2D eigenvalue weighted by Crippen LogP contribution is -2.28. The molecule has 4 nitrogen and oxygen atoms in total. The van der Waals surface area contributed by atoms with Gasteiger partial charge in [-0.15, -0.1) is 3.89 Å². The SMILES string of the molecule is O=C1CC(CS(=O)(=O)F)CN1CCc1ccccc1Br. The molecular formula is C13H15BrFNO3S. The summed E-state index contributed by atoms with van der Waals surface area (Å²) in [6.07, 6.45) is 0.793. The fraction of sp³-hybridized carbons (Fsp3) is 0.462. The fourth-order valence-corrected chi connectivity index (χ4v) is 3.69. The van der Waals surface area contributed by atoms with Gasteiger partial charge in [-0.2, -0.15) is 8.42 Å². The first-order valence-electron chi connectivity index (χ1n) is 6.28. The molecule has 2 rings (SSSR count). The smallest absolute Gasteiger partial charge is 0.302 e. The van der Waals surface area contributed by atoms with Crippen LogP contribution in [0.15, 0.2) is 28.7 Å². The number of halogens is 2. The van der Waals surface area contributed by atoms with Gasteiger partial charge in [0.25, 0.3) is 0 Å². The molecule has 20 heavy (non-hydrogen) atoms. The summed E-state index contributed by atoms with van der Waals surface area (Å²) in [5.41, 5.74) is 1.09. The lowest BCUT2D eigenvalue weighted by molar-refractivity contribution is -0.127. The Balaban J connectivity index is 1.91. The highest BCUT2D eigenvalue weighted by atomic mass is 79.9. The predicted octanol–water partition coefficient (Wildman–Crippen LogP) is 2.14. The highest BCUT2D eigenvalue weighted by Gasteiger charge is 2.32. The number of amides is 1. The van der Waals surface area contributed by atoms with E-state index in [0.29, 0.717) is 19.5 Å². The van der Waals surface area contributed by atoms with Crippen molar-refractivity contribution < 1.29 is 17.1 Å². The molecule has 1 saturated heterocycles. The van der Waals surface area contributed by atoms with Gasteiger partial charge >= 0.3 is 10.2 Å². The van der Waals surface area contributed by atoms with Crippen LogP contribution in [-0.4, -0.2) is 38.1 Å². The van der Waals surface area contributed by atoms with Crippen LogP contribution in [0.25, 0.3) is 0 Å². The van der Waals surface area contributed by atoms with Gasteiger partial charge in [0.2, 0.25) is 5.91 Å². The zero-order valence-corrected chi connectivity index (χ0v) is 13.2. The van der Waals surface area contributed by atoms with Gasteiger partial charge < -0.3 is 4.90 Å². The maximum absolute atomic E-state index is 12.6. The fourth-order valence-electron chi connectivity index (χ4n) is 2.42. The Labute approximate surface area is 126 Å². The van der Waals surface area contributed by atoms with Gasteiger partial charge in [-0.25, -0.2) is 0 Å². The van der Waals surface area contributed by atoms with Crippen molar-refractivity contribution in [3.05, 3.63) is 34.3 Å². The summed E-state index contributed by atoms with van der Waals surface area (Å²) in [4.78, 5) is 13.4. The van der Waals surface area contributed by atoms with Crippen LogP contribution < -0.4 is 0 Å². The molecule has 0 bridgehead atoms. The van der Waals surface area contributed by atoms with Crippen LogP contribution in [0.4, 0.5) is 3.89 Å². The average molecular weight is 364 g/mol. The van der Waals surface area contributed by atoms with Gasteiger partial charge in [0, 0.05) is 29.9 Å². The highest BCUT2D eigenvalue weighted by Crippen LogP contribution is 2.22. The molecular weight excluding hydrogens is 349 g/mol. The van der Waals surface area contributed by atoms with Gasteiger partial charge in [0.1, 0.15) is 0 Å². The third-order valence-electron chi connectivity index (χ3n) is 3.34. The Morgan fingerprint density at radius 3 is 2.70 bits per heavy atom. The van der Waals surface area contributed by atoms with Crippen LogP contribution in [0.2, 0.25) is 0 Å². The highest BCUT2D eigenvalue weighted by molar-refractivity contribution is 9.10. The Hall–Kier alpha value is -0.950. The van der Waals surface area contributed by atoms with E-state index in [1.54, 1.807) is 4.90 Å². The third kappa shape index (κ3) is 4.28. The van der Waals surface area contributed by atoms with Crippen molar-refractivity contribution in [3.8, 4) is 0 Å². The molecule has 1 amide bonds. The molecule has 0 aliphatic carbocycles. The van der Waals surface area contributed by atoms with Crippen molar-refractivity contribution in [1.29, 1.82) is 0 Å². The molecule has 1 atom stereocenters. The number of hydrogen-bond donors (Lipinski definition) is 0. The lowest BCUT2D eigenvalue weighted by atomic mass is 10.1. The average Bonchev–Trinajstić information content (AvgIpc) is 2.66. The van der Waals surface area contributed by atoms with E-state index < -0.39 is 21.9 Å². The molecule has 1 heterocycles. The molecule has 110 valence electrons. The predicted molar refractivity (Wildman–Crippen MR) is 77.4 cm³/mol. The summed E-state index contributed by atoms with van der Waals surface area (Å²) in [5.74, 6) is -1.10. The molecule has 0 aromatic heterocycles. The second-order valence-corrected chi connectivity index (χ2v) is 7.22. The van der Waals surface area contributed by atoms with Gasteiger partial charge in [-0.05, 0) is 18.1 Å². The van der Waals surface area contributed by atoms with Crippen molar-refractivity contribution in [3.63, 3.8) is 0 Å². The second kappa shape index (κ2) is 6.22. The molecule has 0 N–H and O–H groups in total. The topological polar surface area (TPSA) is 54.5 Å². The molecule has 0 radical (unpaired) electrons. The molecule has 7 heteroatoms. The van der Waals surface area contributed by atoms with Crippen molar-refractivity contribution in [1.82, 2.24) is 4.90 Å². The van der Waals surface area contributed by atoms with Crippen LogP contribution in [0.1, 0.15) is 12.0 Å². The Morgan fingerprint density at radius 1 is 1.35 bits per heavy atom.